The van der Waals surface area contributed by atoms with E-state index in [1.807, 2.05) is 24.3 Å². The average molecular weight is 299 g/mol. The first-order valence-corrected chi connectivity index (χ1v) is 7.28. The number of rotatable bonds is 4. The number of hydrogen-bond donors (Lipinski definition) is 3. The fraction of sp³-hybridized carbons (Fsp3) is 0.0714. The summed E-state index contributed by atoms with van der Waals surface area (Å²) in [7, 11) is 0. The van der Waals surface area contributed by atoms with Crippen molar-refractivity contribution in [3.05, 3.63) is 53.9 Å². The number of fused-ring (bicyclic) bond motifs is 1. The Labute approximate surface area is 125 Å². The van der Waals surface area contributed by atoms with Crippen LogP contribution in [0.2, 0.25) is 0 Å². The lowest BCUT2D eigenvalue weighted by Gasteiger charge is -2.01. The van der Waals surface area contributed by atoms with Crippen LogP contribution in [0.1, 0.15) is 16.1 Å². The molecule has 1 amide bonds. The second-order valence-corrected chi connectivity index (χ2v) is 5.32. The maximum Gasteiger partial charge on any atom is 0.266 e. The van der Waals surface area contributed by atoms with Crippen LogP contribution < -0.4 is 11.3 Å². The quantitative estimate of drug-likeness (QED) is 0.296. The molecule has 3 rings (SSSR count). The smallest absolute Gasteiger partial charge is 0.266 e. The zero-order chi connectivity index (χ0) is 14.7. The summed E-state index contributed by atoms with van der Waals surface area (Å²) in [4.78, 5) is 23.3. The molecule has 2 heterocycles. The number of amides is 1. The first-order chi connectivity index (χ1) is 10.3. The molecule has 0 spiro atoms. The third-order valence-electron chi connectivity index (χ3n) is 2.94. The lowest BCUT2D eigenvalue weighted by Crippen LogP contribution is -2.30. The van der Waals surface area contributed by atoms with Gasteiger partial charge >= 0.3 is 0 Å². The van der Waals surface area contributed by atoms with Crippen molar-refractivity contribution in [1.82, 2.24) is 20.4 Å². The number of nitrogens with zero attached hydrogens (tertiary/aromatic N) is 2. The second-order valence-electron chi connectivity index (χ2n) is 4.36. The summed E-state index contributed by atoms with van der Waals surface area (Å²) in [6, 6.07) is 11.4. The molecule has 7 heteroatoms. The van der Waals surface area contributed by atoms with Crippen molar-refractivity contribution >= 4 is 28.7 Å². The zero-order valence-electron chi connectivity index (χ0n) is 11.0. The number of benzene rings is 1. The van der Waals surface area contributed by atoms with Crippen LogP contribution in [-0.2, 0) is 5.75 Å². The van der Waals surface area contributed by atoms with Crippen molar-refractivity contribution in [2.75, 3.05) is 0 Å². The predicted molar refractivity (Wildman–Crippen MR) is 81.5 cm³/mol. The molecule has 0 fully saturated rings. The molecule has 106 valence electrons. The Morgan fingerprint density at radius 1 is 1.29 bits per heavy atom. The van der Waals surface area contributed by atoms with E-state index in [1.54, 1.807) is 23.9 Å². The van der Waals surface area contributed by atoms with E-state index in [2.05, 4.69) is 20.4 Å². The summed E-state index contributed by atoms with van der Waals surface area (Å²) >= 11 is 1.56. The number of thioether (sulfide) groups is 1. The average Bonchev–Trinajstić information content (AvgIpc) is 2.95. The number of imidazole rings is 1. The standard InChI is InChI=1S/C14H13N5OS/c15-19-13(20)9-5-6-10(16-7-9)8-21-14-17-11-3-1-2-4-12(11)18-14/h1-7H,8,15H2,(H,17,18)(H,19,20). The van der Waals surface area contributed by atoms with Crippen LogP contribution in [0.4, 0.5) is 0 Å². The van der Waals surface area contributed by atoms with E-state index in [9.17, 15) is 4.79 Å². The van der Waals surface area contributed by atoms with E-state index in [0.717, 1.165) is 21.9 Å². The van der Waals surface area contributed by atoms with Gasteiger partial charge in [0.15, 0.2) is 5.16 Å². The Balaban J connectivity index is 1.68. The SMILES string of the molecule is NNC(=O)c1ccc(CSc2nc3ccccc3[nH]2)nc1. The molecule has 0 aliphatic rings. The number of nitrogens with two attached hydrogens (primary N) is 1. The molecule has 0 saturated carbocycles. The van der Waals surface area contributed by atoms with Crippen molar-refractivity contribution in [1.29, 1.82) is 0 Å². The molecule has 0 bridgehead atoms. The van der Waals surface area contributed by atoms with Gasteiger partial charge in [-0.2, -0.15) is 0 Å². The van der Waals surface area contributed by atoms with Crippen molar-refractivity contribution in [3.63, 3.8) is 0 Å². The summed E-state index contributed by atoms with van der Waals surface area (Å²) in [5.41, 5.74) is 5.35. The third-order valence-corrected chi connectivity index (χ3v) is 3.85. The van der Waals surface area contributed by atoms with Crippen LogP contribution >= 0.6 is 11.8 Å². The molecule has 0 aliphatic heterocycles. The lowest BCUT2D eigenvalue weighted by molar-refractivity contribution is 0.0953. The molecule has 3 aromatic rings. The normalized spacial score (nSPS) is 10.7. The summed E-state index contributed by atoms with van der Waals surface area (Å²) in [6.07, 6.45) is 1.51. The largest absolute Gasteiger partial charge is 0.333 e. The van der Waals surface area contributed by atoms with Gasteiger partial charge < -0.3 is 4.98 Å². The van der Waals surface area contributed by atoms with Crippen LogP contribution in [-0.4, -0.2) is 20.9 Å². The van der Waals surface area contributed by atoms with Crippen LogP contribution in [0.3, 0.4) is 0 Å². The number of hydrazine groups is 1. The van der Waals surface area contributed by atoms with Gasteiger partial charge in [0.25, 0.3) is 5.91 Å². The molecule has 4 N–H and O–H groups in total. The van der Waals surface area contributed by atoms with E-state index >= 15 is 0 Å². The number of aromatic amines is 1. The Morgan fingerprint density at radius 2 is 2.14 bits per heavy atom. The molecule has 0 atom stereocenters. The van der Waals surface area contributed by atoms with Crippen molar-refractivity contribution in [3.8, 4) is 0 Å². The summed E-state index contributed by atoms with van der Waals surface area (Å²) in [5, 5.41) is 0.849. The van der Waals surface area contributed by atoms with Crippen molar-refractivity contribution < 1.29 is 4.79 Å². The first kappa shape index (κ1) is 13.6. The predicted octanol–water partition coefficient (Wildman–Crippen LogP) is 1.85. The molecule has 2 aromatic heterocycles. The van der Waals surface area contributed by atoms with Gasteiger partial charge in [-0.3, -0.25) is 15.2 Å². The minimum Gasteiger partial charge on any atom is -0.333 e. The molecule has 21 heavy (non-hydrogen) atoms. The molecule has 6 nitrogen and oxygen atoms in total. The van der Waals surface area contributed by atoms with Crippen LogP contribution in [0.15, 0.2) is 47.8 Å². The summed E-state index contributed by atoms with van der Waals surface area (Å²) < 4.78 is 0. The van der Waals surface area contributed by atoms with E-state index in [-0.39, 0.29) is 5.91 Å². The zero-order valence-corrected chi connectivity index (χ0v) is 11.9. The van der Waals surface area contributed by atoms with Crippen LogP contribution in [0.5, 0.6) is 0 Å². The van der Waals surface area contributed by atoms with Gasteiger partial charge in [0.05, 0.1) is 22.3 Å². The van der Waals surface area contributed by atoms with E-state index < -0.39 is 0 Å². The van der Waals surface area contributed by atoms with Gasteiger partial charge in [0.1, 0.15) is 0 Å². The van der Waals surface area contributed by atoms with Gasteiger partial charge in [-0.25, -0.2) is 10.8 Å². The third kappa shape index (κ3) is 3.04. The van der Waals surface area contributed by atoms with Crippen LogP contribution in [0, 0.1) is 0 Å². The van der Waals surface area contributed by atoms with Gasteiger partial charge in [0, 0.05) is 11.9 Å². The summed E-state index contributed by atoms with van der Waals surface area (Å²) in [5.74, 6) is 5.39. The number of hydrogen-bond acceptors (Lipinski definition) is 5. The van der Waals surface area contributed by atoms with Gasteiger partial charge in [-0.15, -0.1) is 0 Å². The van der Waals surface area contributed by atoms with E-state index in [0.29, 0.717) is 11.3 Å². The number of para-hydroxylation sites is 2. The monoisotopic (exact) mass is 299 g/mol. The maximum atomic E-state index is 11.3. The van der Waals surface area contributed by atoms with Crippen molar-refractivity contribution in [2.24, 2.45) is 5.84 Å². The van der Waals surface area contributed by atoms with Gasteiger partial charge in [-0.05, 0) is 24.3 Å². The summed E-state index contributed by atoms with van der Waals surface area (Å²) in [6.45, 7) is 0. The molecule has 0 saturated heterocycles. The number of carbonyl (C=O) groups excluding carboxylic acids is 1. The van der Waals surface area contributed by atoms with E-state index in [1.165, 1.54) is 6.20 Å². The fourth-order valence-electron chi connectivity index (χ4n) is 1.87. The highest BCUT2D eigenvalue weighted by molar-refractivity contribution is 7.98. The highest BCUT2D eigenvalue weighted by Crippen LogP contribution is 2.22. The Bertz CT molecular complexity index is 735. The van der Waals surface area contributed by atoms with E-state index in [4.69, 9.17) is 5.84 Å². The molecular weight excluding hydrogens is 286 g/mol. The number of carbonyl (C=O) groups is 1. The number of pyridine rings is 1. The van der Waals surface area contributed by atoms with Crippen LogP contribution in [0.25, 0.3) is 11.0 Å². The fourth-order valence-corrected chi connectivity index (χ4v) is 2.67. The van der Waals surface area contributed by atoms with Gasteiger partial charge in [0.2, 0.25) is 0 Å². The van der Waals surface area contributed by atoms with Gasteiger partial charge in [-0.1, -0.05) is 23.9 Å². The molecule has 0 unspecified atom stereocenters. The second kappa shape index (κ2) is 5.94. The first-order valence-electron chi connectivity index (χ1n) is 6.29. The molecule has 0 radical (unpaired) electrons. The molecule has 0 aliphatic carbocycles. The topological polar surface area (TPSA) is 96.7 Å². The number of aromatic nitrogens is 3. The Morgan fingerprint density at radius 3 is 2.86 bits per heavy atom. The Hall–Kier alpha value is -2.38. The molecule has 1 aromatic carbocycles. The highest BCUT2D eigenvalue weighted by Gasteiger charge is 2.06. The maximum absolute atomic E-state index is 11.3. The minimum absolute atomic E-state index is 0.348. The lowest BCUT2D eigenvalue weighted by atomic mass is 10.2. The minimum atomic E-state index is -0.348. The number of H-pyrrole nitrogens is 1. The Kier molecular flexibility index (Phi) is 3.85. The van der Waals surface area contributed by atoms with Crippen molar-refractivity contribution in [2.45, 2.75) is 10.9 Å². The highest BCUT2D eigenvalue weighted by atomic mass is 32.2. The molecular formula is C14H13N5OS. The number of nitrogens with one attached hydrogen (secondary N) is 2. The number of nitrogen functional groups attached to an aromatic ring is 1.